The van der Waals surface area contributed by atoms with Crippen molar-refractivity contribution in [3.63, 3.8) is 0 Å². The summed E-state index contributed by atoms with van der Waals surface area (Å²) in [5.74, 6) is -0.794. The lowest BCUT2D eigenvalue weighted by Gasteiger charge is -2.24. The predicted molar refractivity (Wildman–Crippen MR) is 114 cm³/mol. The van der Waals surface area contributed by atoms with E-state index in [2.05, 4.69) is 4.98 Å². The van der Waals surface area contributed by atoms with Crippen LogP contribution in [0.2, 0.25) is 0 Å². The largest absolute Gasteiger partial charge is 0.444 e. The third-order valence-electron chi connectivity index (χ3n) is 4.30. The number of hydrogen-bond acceptors (Lipinski definition) is 5. The fourth-order valence-electron chi connectivity index (χ4n) is 2.94. The number of nitrogens with zero attached hydrogens (tertiary/aromatic N) is 3. The van der Waals surface area contributed by atoms with E-state index in [9.17, 15) is 17.6 Å². The average molecular weight is 446 g/mol. The van der Waals surface area contributed by atoms with Gasteiger partial charge in [-0.25, -0.2) is 22.2 Å². The summed E-state index contributed by atoms with van der Waals surface area (Å²) in [4.78, 5) is 17.3. The molecule has 2 aromatic heterocycles. The highest BCUT2D eigenvalue weighted by atomic mass is 32.2. The van der Waals surface area contributed by atoms with Crippen molar-refractivity contribution in [1.29, 1.82) is 0 Å². The van der Waals surface area contributed by atoms with E-state index >= 15 is 0 Å². The average Bonchev–Trinajstić information content (AvgIpc) is 3.12. The number of pyridine rings is 1. The minimum Gasteiger partial charge on any atom is -0.444 e. The Morgan fingerprint density at radius 2 is 1.84 bits per heavy atom. The second-order valence-corrected chi connectivity index (χ2v) is 9.84. The second-order valence-electron chi connectivity index (χ2n) is 8.03. The lowest BCUT2D eigenvalue weighted by molar-refractivity contribution is 0.0285. The van der Waals surface area contributed by atoms with Crippen LogP contribution in [0.5, 0.6) is 0 Å². The molecule has 1 aromatic carbocycles. The first kappa shape index (κ1) is 22.5. The topological polar surface area (TPSA) is 81.5 Å². The standard InChI is InChI=1S/C22H24FN3O4S/c1-22(2,3)30-21(27)25(4)14-16-13-19(18-11-8-12-24-20(18)23)26(15-16)31(28,29)17-9-6-5-7-10-17/h5-13,15H,14H2,1-4H3. The summed E-state index contributed by atoms with van der Waals surface area (Å²) in [6.07, 6.45) is 2.11. The number of hydrogen-bond donors (Lipinski definition) is 0. The molecule has 164 valence electrons. The molecule has 0 saturated heterocycles. The molecule has 0 spiro atoms. The molecule has 0 aliphatic heterocycles. The number of aromatic nitrogens is 2. The highest BCUT2D eigenvalue weighted by Crippen LogP contribution is 2.29. The molecule has 0 fully saturated rings. The monoisotopic (exact) mass is 445 g/mol. The molecule has 0 bridgehead atoms. The Kier molecular flexibility index (Phi) is 6.17. The van der Waals surface area contributed by atoms with Crippen molar-refractivity contribution in [2.24, 2.45) is 0 Å². The normalized spacial score (nSPS) is 11.9. The van der Waals surface area contributed by atoms with Crippen LogP contribution in [0.3, 0.4) is 0 Å². The third kappa shape index (κ3) is 5.11. The highest BCUT2D eigenvalue weighted by Gasteiger charge is 2.25. The van der Waals surface area contributed by atoms with Gasteiger partial charge in [0.2, 0.25) is 5.95 Å². The SMILES string of the molecule is CN(Cc1cc(-c2cccnc2F)n(S(=O)(=O)c2ccccc2)c1)C(=O)OC(C)(C)C. The van der Waals surface area contributed by atoms with E-state index in [1.807, 2.05) is 0 Å². The van der Waals surface area contributed by atoms with Gasteiger partial charge in [-0.05, 0) is 56.7 Å². The zero-order chi connectivity index (χ0) is 22.8. The number of carbonyl (C=O) groups is 1. The Hall–Kier alpha value is -3.20. The maximum Gasteiger partial charge on any atom is 0.410 e. The third-order valence-corrected chi connectivity index (χ3v) is 5.99. The van der Waals surface area contributed by atoms with E-state index < -0.39 is 27.7 Å². The van der Waals surface area contributed by atoms with Gasteiger partial charge in [-0.3, -0.25) is 0 Å². The van der Waals surface area contributed by atoms with Crippen molar-refractivity contribution in [1.82, 2.24) is 13.9 Å². The number of carbonyl (C=O) groups excluding carboxylic acids is 1. The van der Waals surface area contributed by atoms with E-state index in [-0.39, 0.29) is 22.7 Å². The van der Waals surface area contributed by atoms with Crippen LogP contribution < -0.4 is 0 Å². The van der Waals surface area contributed by atoms with E-state index in [1.54, 1.807) is 46.0 Å². The quantitative estimate of drug-likeness (QED) is 0.547. The molecule has 0 aliphatic rings. The molecule has 0 N–H and O–H groups in total. The van der Waals surface area contributed by atoms with Crippen LogP contribution in [-0.4, -0.2) is 41.0 Å². The molecule has 7 nitrogen and oxygen atoms in total. The highest BCUT2D eigenvalue weighted by molar-refractivity contribution is 7.90. The molecule has 0 aliphatic carbocycles. The molecule has 0 atom stereocenters. The predicted octanol–water partition coefficient (Wildman–Crippen LogP) is 4.29. The number of ether oxygens (including phenoxy) is 1. The van der Waals surface area contributed by atoms with E-state index in [4.69, 9.17) is 4.74 Å². The van der Waals surface area contributed by atoms with Crippen molar-refractivity contribution >= 4 is 16.1 Å². The Bertz CT molecular complexity index is 1180. The zero-order valence-corrected chi connectivity index (χ0v) is 18.6. The molecule has 2 heterocycles. The van der Waals surface area contributed by atoms with Crippen LogP contribution in [0.1, 0.15) is 26.3 Å². The van der Waals surface area contributed by atoms with Gasteiger partial charge in [-0.2, -0.15) is 4.39 Å². The number of amides is 1. The summed E-state index contributed by atoms with van der Waals surface area (Å²) in [6.45, 7) is 5.34. The molecule has 3 aromatic rings. The van der Waals surface area contributed by atoms with Crippen molar-refractivity contribution < 1.29 is 22.3 Å². The molecule has 0 unspecified atom stereocenters. The van der Waals surface area contributed by atoms with Gasteiger partial charge in [-0.1, -0.05) is 18.2 Å². The van der Waals surface area contributed by atoms with Gasteiger partial charge in [0.15, 0.2) is 0 Å². The lowest BCUT2D eigenvalue weighted by Crippen LogP contribution is -2.33. The maximum atomic E-state index is 14.4. The van der Waals surface area contributed by atoms with Gasteiger partial charge in [0, 0.05) is 19.4 Å². The molecule has 1 amide bonds. The Labute approximate surface area is 181 Å². The first-order valence-corrected chi connectivity index (χ1v) is 11.0. The van der Waals surface area contributed by atoms with E-state index in [0.29, 0.717) is 5.56 Å². The van der Waals surface area contributed by atoms with Gasteiger partial charge in [0.25, 0.3) is 10.0 Å². The first-order valence-electron chi connectivity index (χ1n) is 9.56. The summed E-state index contributed by atoms with van der Waals surface area (Å²) in [5.41, 5.74) is -0.0286. The smallest absolute Gasteiger partial charge is 0.410 e. The van der Waals surface area contributed by atoms with Crippen molar-refractivity contribution in [3.8, 4) is 11.3 Å². The summed E-state index contributed by atoms with van der Waals surface area (Å²) in [7, 11) is -2.47. The number of benzene rings is 1. The molecular weight excluding hydrogens is 421 g/mol. The van der Waals surface area contributed by atoms with Crippen molar-refractivity contribution in [2.45, 2.75) is 37.8 Å². The van der Waals surface area contributed by atoms with Gasteiger partial charge >= 0.3 is 6.09 Å². The van der Waals surface area contributed by atoms with Gasteiger partial charge in [0.1, 0.15) is 5.60 Å². The van der Waals surface area contributed by atoms with E-state index in [1.165, 1.54) is 47.6 Å². The second kappa shape index (κ2) is 8.50. The Morgan fingerprint density at radius 1 is 1.16 bits per heavy atom. The fourth-order valence-corrected chi connectivity index (χ4v) is 4.35. The number of rotatable bonds is 5. The van der Waals surface area contributed by atoms with Crippen LogP contribution in [0.4, 0.5) is 9.18 Å². The van der Waals surface area contributed by atoms with Crippen molar-refractivity contribution in [3.05, 3.63) is 72.4 Å². The Balaban J connectivity index is 2.05. The summed E-state index contributed by atoms with van der Waals surface area (Å²) < 4.78 is 47.3. The van der Waals surface area contributed by atoms with Crippen LogP contribution in [0.25, 0.3) is 11.3 Å². The minimum absolute atomic E-state index is 0.0353. The van der Waals surface area contributed by atoms with Gasteiger partial charge < -0.3 is 9.64 Å². The molecule has 0 radical (unpaired) electrons. The summed E-state index contributed by atoms with van der Waals surface area (Å²) in [6, 6.07) is 12.4. The minimum atomic E-state index is -4.01. The summed E-state index contributed by atoms with van der Waals surface area (Å²) in [5, 5.41) is 0. The number of halogens is 1. The fraction of sp³-hybridized carbons (Fsp3) is 0.273. The molecule has 0 saturated carbocycles. The van der Waals surface area contributed by atoms with Gasteiger partial charge in [0.05, 0.1) is 22.7 Å². The van der Waals surface area contributed by atoms with Crippen LogP contribution in [0, 0.1) is 5.95 Å². The van der Waals surface area contributed by atoms with Crippen LogP contribution >= 0.6 is 0 Å². The molecule has 9 heteroatoms. The Morgan fingerprint density at radius 3 is 2.45 bits per heavy atom. The molecule has 3 rings (SSSR count). The summed E-state index contributed by atoms with van der Waals surface area (Å²) >= 11 is 0. The van der Waals surface area contributed by atoms with E-state index in [0.717, 1.165) is 3.97 Å². The molecule has 31 heavy (non-hydrogen) atoms. The zero-order valence-electron chi connectivity index (χ0n) is 17.7. The van der Waals surface area contributed by atoms with Crippen LogP contribution in [0.15, 0.2) is 65.8 Å². The van der Waals surface area contributed by atoms with Crippen LogP contribution in [-0.2, 0) is 21.3 Å². The maximum absolute atomic E-state index is 14.4. The van der Waals surface area contributed by atoms with Crippen molar-refractivity contribution in [2.75, 3.05) is 7.05 Å². The van der Waals surface area contributed by atoms with Gasteiger partial charge in [-0.15, -0.1) is 0 Å². The lowest BCUT2D eigenvalue weighted by atomic mass is 10.2. The first-order chi connectivity index (χ1) is 14.5. The molecular formula is C22H24FN3O4S.